The van der Waals surface area contributed by atoms with E-state index >= 15 is 0 Å². The molecule has 2 rings (SSSR count). The van der Waals surface area contributed by atoms with E-state index in [2.05, 4.69) is 29.3 Å². The van der Waals surface area contributed by atoms with E-state index in [1.54, 1.807) is 11.8 Å². The summed E-state index contributed by atoms with van der Waals surface area (Å²) < 4.78 is 2.01. The second kappa shape index (κ2) is 8.41. The second-order valence-corrected chi connectivity index (χ2v) is 6.29. The lowest BCUT2D eigenvalue weighted by atomic mass is 10.1. The molecule has 0 aliphatic rings. The molecular weight excluding hydrogens is 306 g/mol. The molecule has 0 aliphatic carbocycles. The van der Waals surface area contributed by atoms with Crippen LogP contribution >= 0.6 is 23.4 Å². The summed E-state index contributed by atoms with van der Waals surface area (Å²) in [5, 5.41) is 19.1. The van der Waals surface area contributed by atoms with Crippen LogP contribution in [0.4, 0.5) is 0 Å². The Kier molecular flexibility index (Phi) is 6.54. The lowest BCUT2D eigenvalue weighted by Gasteiger charge is -2.07. The van der Waals surface area contributed by atoms with Gasteiger partial charge in [0.25, 0.3) is 0 Å². The van der Waals surface area contributed by atoms with E-state index in [1.807, 2.05) is 16.7 Å². The maximum atomic E-state index is 9.26. The van der Waals surface area contributed by atoms with E-state index in [0.717, 1.165) is 41.7 Å². The molecule has 21 heavy (non-hydrogen) atoms. The third-order valence-electron chi connectivity index (χ3n) is 3.14. The van der Waals surface area contributed by atoms with Crippen molar-refractivity contribution >= 4 is 23.4 Å². The SMILES string of the molecule is CCCn1c(CO)nnc1SCCCc1ccc(Cl)cc1. The van der Waals surface area contributed by atoms with Crippen LogP contribution in [0.5, 0.6) is 0 Å². The Morgan fingerprint density at radius 3 is 2.67 bits per heavy atom. The topological polar surface area (TPSA) is 50.9 Å². The van der Waals surface area contributed by atoms with Crippen LogP contribution in [0.2, 0.25) is 5.02 Å². The zero-order valence-electron chi connectivity index (χ0n) is 12.1. The third kappa shape index (κ3) is 4.73. The molecule has 1 heterocycles. The highest BCUT2D eigenvalue weighted by molar-refractivity contribution is 7.99. The molecule has 0 bridgehead atoms. The van der Waals surface area contributed by atoms with Crippen LogP contribution in [-0.2, 0) is 19.6 Å². The standard InChI is InChI=1S/C15H20ClN3OS/c1-2-9-19-14(11-20)17-18-15(19)21-10-3-4-12-5-7-13(16)8-6-12/h5-8,20H,2-4,9-11H2,1H3. The predicted molar refractivity (Wildman–Crippen MR) is 86.7 cm³/mol. The molecule has 0 aliphatic heterocycles. The van der Waals surface area contributed by atoms with Gasteiger partial charge >= 0.3 is 0 Å². The number of aliphatic hydroxyl groups is 1. The molecule has 0 saturated carbocycles. The highest BCUT2D eigenvalue weighted by atomic mass is 35.5. The van der Waals surface area contributed by atoms with Crippen molar-refractivity contribution < 1.29 is 5.11 Å². The molecule has 114 valence electrons. The van der Waals surface area contributed by atoms with Gasteiger partial charge in [-0.25, -0.2) is 0 Å². The number of hydrogen-bond acceptors (Lipinski definition) is 4. The number of benzene rings is 1. The van der Waals surface area contributed by atoms with Gasteiger partial charge in [-0.15, -0.1) is 10.2 Å². The number of hydrogen-bond donors (Lipinski definition) is 1. The Balaban J connectivity index is 1.83. The first kappa shape index (κ1) is 16.3. The van der Waals surface area contributed by atoms with Crippen LogP contribution in [0.15, 0.2) is 29.4 Å². The number of aryl methyl sites for hydroxylation is 1. The lowest BCUT2D eigenvalue weighted by molar-refractivity contribution is 0.263. The van der Waals surface area contributed by atoms with Gasteiger partial charge in [0.15, 0.2) is 11.0 Å². The summed E-state index contributed by atoms with van der Waals surface area (Å²) in [4.78, 5) is 0. The fraction of sp³-hybridized carbons (Fsp3) is 0.467. The van der Waals surface area contributed by atoms with Gasteiger partial charge in [0.05, 0.1) is 0 Å². The quantitative estimate of drug-likeness (QED) is 0.595. The van der Waals surface area contributed by atoms with E-state index in [0.29, 0.717) is 5.82 Å². The van der Waals surface area contributed by atoms with Crippen molar-refractivity contribution in [1.29, 1.82) is 0 Å². The molecular formula is C15H20ClN3OS. The van der Waals surface area contributed by atoms with Crippen LogP contribution in [0.3, 0.4) is 0 Å². The Labute approximate surface area is 134 Å². The summed E-state index contributed by atoms with van der Waals surface area (Å²) >= 11 is 7.57. The smallest absolute Gasteiger partial charge is 0.191 e. The van der Waals surface area contributed by atoms with Gasteiger partial charge in [-0.3, -0.25) is 0 Å². The normalized spacial score (nSPS) is 11.0. The molecule has 4 nitrogen and oxygen atoms in total. The molecule has 0 fully saturated rings. The van der Waals surface area contributed by atoms with Crippen LogP contribution < -0.4 is 0 Å². The summed E-state index contributed by atoms with van der Waals surface area (Å²) in [7, 11) is 0. The first-order valence-electron chi connectivity index (χ1n) is 7.14. The van der Waals surface area contributed by atoms with E-state index < -0.39 is 0 Å². The Morgan fingerprint density at radius 1 is 1.24 bits per heavy atom. The molecule has 0 saturated heterocycles. The molecule has 1 N–H and O–H groups in total. The zero-order chi connectivity index (χ0) is 15.1. The number of halogens is 1. The van der Waals surface area contributed by atoms with Crippen LogP contribution in [0, 0.1) is 0 Å². The van der Waals surface area contributed by atoms with Crippen LogP contribution in [0.1, 0.15) is 31.2 Å². The van der Waals surface area contributed by atoms with Crippen LogP contribution in [0.25, 0.3) is 0 Å². The first-order chi connectivity index (χ1) is 10.2. The monoisotopic (exact) mass is 325 g/mol. The molecule has 0 atom stereocenters. The second-order valence-electron chi connectivity index (χ2n) is 4.79. The lowest BCUT2D eigenvalue weighted by Crippen LogP contribution is -2.05. The summed E-state index contributed by atoms with van der Waals surface area (Å²) in [6.45, 7) is 2.90. The van der Waals surface area contributed by atoms with Crippen molar-refractivity contribution in [2.75, 3.05) is 5.75 Å². The molecule has 0 unspecified atom stereocenters. The minimum Gasteiger partial charge on any atom is -0.388 e. The maximum absolute atomic E-state index is 9.26. The number of aromatic nitrogens is 3. The zero-order valence-corrected chi connectivity index (χ0v) is 13.7. The van der Waals surface area contributed by atoms with Crippen molar-refractivity contribution in [1.82, 2.24) is 14.8 Å². The Bertz CT molecular complexity index is 557. The summed E-state index contributed by atoms with van der Waals surface area (Å²) in [5.41, 5.74) is 1.30. The largest absolute Gasteiger partial charge is 0.388 e. The molecule has 6 heteroatoms. The fourth-order valence-corrected chi connectivity index (χ4v) is 3.13. The minimum atomic E-state index is -0.0572. The fourth-order valence-electron chi connectivity index (χ4n) is 2.08. The number of rotatable bonds is 8. The first-order valence-corrected chi connectivity index (χ1v) is 8.51. The van der Waals surface area contributed by atoms with E-state index in [4.69, 9.17) is 11.6 Å². The number of thioether (sulfide) groups is 1. The third-order valence-corrected chi connectivity index (χ3v) is 4.44. The molecule has 1 aromatic carbocycles. The van der Waals surface area contributed by atoms with E-state index in [1.165, 1.54) is 5.56 Å². The molecule has 0 radical (unpaired) electrons. The summed E-state index contributed by atoms with van der Waals surface area (Å²) in [5.74, 6) is 1.63. The molecule has 1 aromatic heterocycles. The Morgan fingerprint density at radius 2 is 2.00 bits per heavy atom. The predicted octanol–water partition coefficient (Wildman–Crippen LogP) is 3.56. The highest BCUT2D eigenvalue weighted by Crippen LogP contribution is 2.20. The molecule has 0 amide bonds. The average molecular weight is 326 g/mol. The van der Waals surface area contributed by atoms with E-state index in [9.17, 15) is 5.11 Å². The number of aliphatic hydroxyl groups excluding tert-OH is 1. The van der Waals surface area contributed by atoms with E-state index in [-0.39, 0.29) is 6.61 Å². The maximum Gasteiger partial charge on any atom is 0.191 e. The van der Waals surface area contributed by atoms with Crippen molar-refractivity contribution in [2.45, 2.75) is 44.5 Å². The minimum absolute atomic E-state index is 0.0572. The van der Waals surface area contributed by atoms with Gasteiger partial charge in [0, 0.05) is 17.3 Å². The Hall–Kier alpha value is -1.04. The van der Waals surface area contributed by atoms with Crippen molar-refractivity contribution in [3.63, 3.8) is 0 Å². The van der Waals surface area contributed by atoms with Gasteiger partial charge in [-0.2, -0.15) is 0 Å². The van der Waals surface area contributed by atoms with Crippen molar-refractivity contribution in [3.8, 4) is 0 Å². The van der Waals surface area contributed by atoms with Gasteiger partial charge in [-0.05, 0) is 37.0 Å². The average Bonchev–Trinajstić information content (AvgIpc) is 2.88. The van der Waals surface area contributed by atoms with Gasteiger partial charge < -0.3 is 9.67 Å². The van der Waals surface area contributed by atoms with Crippen molar-refractivity contribution in [3.05, 3.63) is 40.7 Å². The molecule has 2 aromatic rings. The van der Waals surface area contributed by atoms with Crippen molar-refractivity contribution in [2.24, 2.45) is 0 Å². The number of nitrogens with zero attached hydrogens (tertiary/aromatic N) is 3. The van der Waals surface area contributed by atoms with Gasteiger partial charge in [0.2, 0.25) is 0 Å². The van der Waals surface area contributed by atoms with Gasteiger partial charge in [0.1, 0.15) is 6.61 Å². The summed E-state index contributed by atoms with van der Waals surface area (Å²) in [6.07, 6.45) is 3.10. The highest BCUT2D eigenvalue weighted by Gasteiger charge is 2.10. The summed E-state index contributed by atoms with van der Waals surface area (Å²) in [6, 6.07) is 7.98. The molecule has 0 spiro atoms. The van der Waals surface area contributed by atoms with Crippen LogP contribution in [-0.4, -0.2) is 25.6 Å². The van der Waals surface area contributed by atoms with Gasteiger partial charge in [-0.1, -0.05) is 42.4 Å².